The molecule has 2 atom stereocenters. The molecule has 2 rings (SSSR count). The van der Waals surface area contributed by atoms with Crippen molar-refractivity contribution in [1.29, 1.82) is 0 Å². The van der Waals surface area contributed by atoms with Crippen molar-refractivity contribution >= 4 is 12.2 Å². The van der Waals surface area contributed by atoms with Gasteiger partial charge >= 0.3 is 6.09 Å². The van der Waals surface area contributed by atoms with Crippen molar-refractivity contribution < 1.29 is 9.53 Å². The fourth-order valence-electron chi connectivity index (χ4n) is 2.12. The van der Waals surface area contributed by atoms with Crippen LogP contribution < -0.4 is 5.32 Å². The Labute approximate surface area is 108 Å². The maximum Gasteiger partial charge on any atom is 0.408 e. The molecule has 1 aromatic carbocycles. The van der Waals surface area contributed by atoms with Gasteiger partial charge < -0.3 is 10.1 Å². The average Bonchev–Trinajstić information content (AvgIpc) is 2.67. The first-order chi connectivity index (χ1) is 8.65. The minimum absolute atomic E-state index is 0.0810. The van der Waals surface area contributed by atoms with Gasteiger partial charge in [-0.1, -0.05) is 50.3 Å². The number of hydrogen-bond donors (Lipinski definition) is 1. The lowest BCUT2D eigenvalue weighted by Crippen LogP contribution is -2.31. The summed E-state index contributed by atoms with van der Waals surface area (Å²) in [6, 6.07) is 10.1. The van der Waals surface area contributed by atoms with Gasteiger partial charge in [0.25, 0.3) is 0 Å². The highest BCUT2D eigenvalue weighted by atomic mass is 16.6. The highest BCUT2D eigenvalue weighted by molar-refractivity contribution is 5.71. The molecule has 1 saturated heterocycles. The zero-order valence-corrected chi connectivity index (χ0v) is 10.8. The Kier molecular flexibility index (Phi) is 4.03. The Balaban J connectivity index is 2.02. The van der Waals surface area contributed by atoms with Crippen molar-refractivity contribution in [3.8, 4) is 0 Å². The fraction of sp³-hybridized carbons (Fsp3) is 0.400. The topological polar surface area (TPSA) is 38.3 Å². The summed E-state index contributed by atoms with van der Waals surface area (Å²) in [7, 11) is 0. The van der Waals surface area contributed by atoms with Crippen LogP contribution in [0.5, 0.6) is 0 Å². The lowest BCUT2D eigenvalue weighted by Gasteiger charge is -2.15. The smallest absolute Gasteiger partial charge is 0.408 e. The normalized spacial score (nSPS) is 23.4. The van der Waals surface area contributed by atoms with Crippen LogP contribution in [-0.2, 0) is 4.74 Å². The Morgan fingerprint density at radius 2 is 2.06 bits per heavy atom. The molecule has 0 spiro atoms. The van der Waals surface area contributed by atoms with Gasteiger partial charge in [0.2, 0.25) is 0 Å². The number of hydrogen-bond acceptors (Lipinski definition) is 2. The van der Waals surface area contributed by atoms with Crippen LogP contribution >= 0.6 is 0 Å². The summed E-state index contributed by atoms with van der Waals surface area (Å²) in [5.74, 6) is 0.532. The van der Waals surface area contributed by atoms with Crippen LogP contribution in [0.25, 0.3) is 6.08 Å². The maximum atomic E-state index is 11.3. The summed E-state index contributed by atoms with van der Waals surface area (Å²) in [6.45, 7) is 4.28. The Bertz CT molecular complexity index is 425. The summed E-state index contributed by atoms with van der Waals surface area (Å²) in [5, 5.41) is 2.86. The van der Waals surface area contributed by atoms with E-state index in [1.807, 2.05) is 42.5 Å². The van der Waals surface area contributed by atoms with E-state index in [9.17, 15) is 4.79 Å². The molecular formula is C15H19NO2. The zero-order valence-electron chi connectivity index (χ0n) is 10.8. The number of carbonyl (C=O) groups is 1. The third kappa shape index (κ3) is 3.36. The Hall–Kier alpha value is -1.77. The molecule has 3 heteroatoms. The van der Waals surface area contributed by atoms with Gasteiger partial charge in [-0.05, 0) is 24.0 Å². The van der Waals surface area contributed by atoms with Crippen LogP contribution in [0.4, 0.5) is 4.79 Å². The van der Waals surface area contributed by atoms with Crippen molar-refractivity contribution in [2.75, 3.05) is 0 Å². The molecule has 1 aromatic rings. The van der Waals surface area contributed by atoms with Crippen molar-refractivity contribution in [3.63, 3.8) is 0 Å². The Morgan fingerprint density at radius 1 is 1.33 bits per heavy atom. The van der Waals surface area contributed by atoms with Crippen LogP contribution in [0.1, 0.15) is 25.8 Å². The zero-order chi connectivity index (χ0) is 13.0. The lowest BCUT2D eigenvalue weighted by atomic mass is 9.99. The number of amides is 1. The third-order valence-corrected chi connectivity index (χ3v) is 2.95. The maximum absolute atomic E-state index is 11.3. The molecule has 1 aliphatic heterocycles. The molecule has 1 heterocycles. The standard InChI is InChI=1S/C15H19NO2/c1-11(2)10-13-14(18-15(17)16-13)9-8-12-6-4-3-5-7-12/h3-9,11,13-14H,10H2,1-2H3,(H,16,17)/t13-,14?/m0/s1. The van der Waals surface area contributed by atoms with E-state index in [-0.39, 0.29) is 18.2 Å². The van der Waals surface area contributed by atoms with Gasteiger partial charge in [-0.15, -0.1) is 0 Å². The van der Waals surface area contributed by atoms with Gasteiger partial charge in [0.15, 0.2) is 0 Å². The largest absolute Gasteiger partial charge is 0.440 e. The molecule has 1 amide bonds. The minimum Gasteiger partial charge on any atom is -0.440 e. The van der Waals surface area contributed by atoms with Gasteiger partial charge in [-0.3, -0.25) is 0 Å². The van der Waals surface area contributed by atoms with Gasteiger partial charge in [-0.25, -0.2) is 4.79 Å². The highest BCUT2D eigenvalue weighted by Gasteiger charge is 2.32. The average molecular weight is 245 g/mol. The Morgan fingerprint density at radius 3 is 2.72 bits per heavy atom. The second-order valence-electron chi connectivity index (χ2n) is 5.02. The SMILES string of the molecule is CC(C)C[C@@H]1NC(=O)OC1C=Cc1ccccc1. The molecule has 0 saturated carbocycles. The molecule has 0 aromatic heterocycles. The third-order valence-electron chi connectivity index (χ3n) is 2.95. The molecule has 0 radical (unpaired) electrons. The molecular weight excluding hydrogens is 226 g/mol. The number of benzene rings is 1. The second-order valence-corrected chi connectivity index (χ2v) is 5.02. The molecule has 18 heavy (non-hydrogen) atoms. The highest BCUT2D eigenvalue weighted by Crippen LogP contribution is 2.18. The van der Waals surface area contributed by atoms with Crippen molar-refractivity contribution in [1.82, 2.24) is 5.32 Å². The van der Waals surface area contributed by atoms with E-state index in [0.717, 1.165) is 12.0 Å². The van der Waals surface area contributed by atoms with Gasteiger partial charge in [0.05, 0.1) is 6.04 Å². The first kappa shape index (κ1) is 12.7. The van der Waals surface area contributed by atoms with Crippen molar-refractivity contribution in [3.05, 3.63) is 42.0 Å². The van der Waals surface area contributed by atoms with Crippen LogP contribution in [-0.4, -0.2) is 18.2 Å². The number of carbonyl (C=O) groups excluding carboxylic acids is 1. The van der Waals surface area contributed by atoms with Crippen molar-refractivity contribution in [2.24, 2.45) is 5.92 Å². The number of nitrogens with one attached hydrogen (secondary N) is 1. The molecule has 1 N–H and O–H groups in total. The van der Waals surface area contributed by atoms with Gasteiger partial charge in [-0.2, -0.15) is 0 Å². The van der Waals surface area contributed by atoms with E-state index >= 15 is 0 Å². The molecule has 96 valence electrons. The predicted octanol–water partition coefficient (Wildman–Crippen LogP) is 3.22. The summed E-state index contributed by atoms with van der Waals surface area (Å²) in [4.78, 5) is 11.3. The molecule has 1 aliphatic rings. The number of alkyl carbamates (subject to hydrolysis) is 1. The van der Waals surface area contributed by atoms with E-state index in [4.69, 9.17) is 4.74 Å². The van der Waals surface area contributed by atoms with Gasteiger partial charge in [0.1, 0.15) is 6.10 Å². The minimum atomic E-state index is -0.316. The summed E-state index contributed by atoms with van der Waals surface area (Å²) in [6.07, 6.45) is 4.40. The first-order valence-corrected chi connectivity index (χ1v) is 6.35. The number of cyclic esters (lactones) is 1. The fourth-order valence-corrected chi connectivity index (χ4v) is 2.12. The number of rotatable bonds is 4. The van der Waals surface area contributed by atoms with Gasteiger partial charge in [0, 0.05) is 0 Å². The lowest BCUT2D eigenvalue weighted by molar-refractivity contribution is 0.151. The summed E-state index contributed by atoms with van der Waals surface area (Å²) >= 11 is 0. The first-order valence-electron chi connectivity index (χ1n) is 6.35. The molecule has 1 fully saturated rings. The number of ether oxygens (including phenoxy) is 1. The summed E-state index contributed by atoms with van der Waals surface area (Å²) < 4.78 is 5.26. The van der Waals surface area contributed by atoms with Crippen LogP contribution in [0.3, 0.4) is 0 Å². The predicted molar refractivity (Wildman–Crippen MR) is 72.1 cm³/mol. The van der Waals surface area contributed by atoms with E-state index in [1.165, 1.54) is 0 Å². The second kappa shape index (κ2) is 5.71. The van der Waals surface area contributed by atoms with E-state index in [1.54, 1.807) is 0 Å². The molecule has 1 unspecified atom stereocenters. The van der Waals surface area contributed by atoms with E-state index in [2.05, 4.69) is 19.2 Å². The monoisotopic (exact) mass is 245 g/mol. The van der Waals surface area contributed by atoms with Crippen LogP contribution in [0.15, 0.2) is 36.4 Å². The van der Waals surface area contributed by atoms with E-state index < -0.39 is 0 Å². The molecule has 3 nitrogen and oxygen atoms in total. The summed E-state index contributed by atoms with van der Waals surface area (Å²) in [5.41, 5.74) is 1.11. The molecule has 0 aliphatic carbocycles. The van der Waals surface area contributed by atoms with Crippen LogP contribution in [0, 0.1) is 5.92 Å². The van der Waals surface area contributed by atoms with Crippen molar-refractivity contribution in [2.45, 2.75) is 32.4 Å². The van der Waals surface area contributed by atoms with Crippen LogP contribution in [0.2, 0.25) is 0 Å². The van der Waals surface area contributed by atoms with E-state index in [0.29, 0.717) is 5.92 Å². The quantitative estimate of drug-likeness (QED) is 0.884. The molecule has 0 bridgehead atoms.